The van der Waals surface area contributed by atoms with Crippen molar-refractivity contribution in [3.8, 4) is 11.3 Å². The van der Waals surface area contributed by atoms with Crippen LogP contribution in [0, 0.1) is 12.7 Å². The van der Waals surface area contributed by atoms with Gasteiger partial charge in [0.15, 0.2) is 5.89 Å². The lowest BCUT2D eigenvalue weighted by Gasteiger charge is -2.12. The summed E-state index contributed by atoms with van der Waals surface area (Å²) in [6, 6.07) is 7.38. The van der Waals surface area contributed by atoms with Crippen LogP contribution in [0.2, 0.25) is 0 Å². The fraction of sp³-hybridized carbons (Fsp3) is 0.118. The van der Waals surface area contributed by atoms with Gasteiger partial charge in [0, 0.05) is 18.2 Å². The maximum atomic E-state index is 13.3. The van der Waals surface area contributed by atoms with Gasteiger partial charge >= 0.3 is 6.18 Å². The minimum atomic E-state index is -4.94. The molecule has 1 aromatic heterocycles. The zero-order valence-electron chi connectivity index (χ0n) is 13.7. The Labute approximate surface area is 151 Å². The molecule has 0 unspecified atom stereocenters. The van der Waals surface area contributed by atoms with Gasteiger partial charge in [-0.05, 0) is 30.3 Å². The summed E-state index contributed by atoms with van der Waals surface area (Å²) in [5, 5.41) is 0. The summed E-state index contributed by atoms with van der Waals surface area (Å²) >= 11 is 0. The molecular weight excluding hydrogens is 388 g/mol. The second-order valence-electron chi connectivity index (χ2n) is 5.57. The van der Waals surface area contributed by atoms with Crippen molar-refractivity contribution in [1.29, 1.82) is 0 Å². The Hall–Kier alpha value is -2.88. The molecule has 3 aromatic rings. The van der Waals surface area contributed by atoms with Gasteiger partial charge in [0.1, 0.15) is 17.8 Å². The molecule has 0 amide bonds. The van der Waals surface area contributed by atoms with Gasteiger partial charge in [-0.1, -0.05) is 12.1 Å². The van der Waals surface area contributed by atoms with Crippen molar-refractivity contribution in [2.75, 3.05) is 4.72 Å². The van der Waals surface area contributed by atoms with E-state index in [-0.39, 0.29) is 4.90 Å². The second-order valence-corrected chi connectivity index (χ2v) is 7.26. The molecule has 0 saturated carbocycles. The van der Waals surface area contributed by atoms with Crippen LogP contribution in [0.1, 0.15) is 11.5 Å². The predicted molar refractivity (Wildman–Crippen MR) is 88.9 cm³/mol. The van der Waals surface area contributed by atoms with Gasteiger partial charge in [0.05, 0.1) is 10.5 Å². The van der Waals surface area contributed by atoms with Crippen molar-refractivity contribution in [1.82, 2.24) is 4.98 Å². The molecule has 0 atom stereocenters. The van der Waals surface area contributed by atoms with Gasteiger partial charge in [0.25, 0.3) is 10.0 Å². The van der Waals surface area contributed by atoms with E-state index >= 15 is 0 Å². The van der Waals surface area contributed by atoms with Gasteiger partial charge in [-0.15, -0.1) is 0 Å². The first kappa shape index (κ1) is 18.9. The molecule has 27 heavy (non-hydrogen) atoms. The number of alkyl halides is 3. The molecule has 3 rings (SSSR count). The van der Waals surface area contributed by atoms with E-state index in [9.17, 15) is 26.0 Å². The Balaban J connectivity index is 1.87. The average molecular weight is 400 g/mol. The van der Waals surface area contributed by atoms with Crippen LogP contribution in [0.4, 0.5) is 23.2 Å². The van der Waals surface area contributed by atoms with E-state index < -0.39 is 33.3 Å². The summed E-state index contributed by atoms with van der Waals surface area (Å²) in [7, 11) is -4.17. The second kappa shape index (κ2) is 6.69. The van der Waals surface area contributed by atoms with E-state index in [0.717, 1.165) is 6.07 Å². The predicted octanol–water partition coefficient (Wildman–Crippen LogP) is 4.61. The largest absolute Gasteiger partial charge is 0.449 e. The Morgan fingerprint density at radius 1 is 1.07 bits per heavy atom. The molecule has 2 aromatic carbocycles. The maximum absolute atomic E-state index is 13.3. The molecule has 0 saturated heterocycles. The van der Waals surface area contributed by atoms with Gasteiger partial charge in [0.2, 0.25) is 0 Å². The number of anilines is 1. The van der Waals surface area contributed by atoms with E-state index in [0.29, 0.717) is 29.3 Å². The standard InChI is InChI=1S/C17H12F4N2O3S/c1-10-22-16(9-26-10)11-2-5-13(6-3-11)27(24,25)23-12-4-7-15(18)14(8-12)17(19,20)21/h2-9,23H,1H3. The highest BCUT2D eigenvalue weighted by molar-refractivity contribution is 7.92. The molecular formula is C17H12F4N2O3S. The number of halogens is 4. The number of oxazole rings is 1. The van der Waals surface area contributed by atoms with Crippen LogP contribution in [0.5, 0.6) is 0 Å². The molecule has 5 nitrogen and oxygen atoms in total. The minimum Gasteiger partial charge on any atom is -0.449 e. The van der Waals surface area contributed by atoms with Crippen molar-refractivity contribution >= 4 is 15.7 Å². The molecule has 0 aliphatic heterocycles. The molecule has 1 N–H and O–H groups in total. The van der Waals surface area contributed by atoms with E-state index in [1.807, 2.05) is 4.72 Å². The van der Waals surface area contributed by atoms with E-state index in [1.54, 1.807) is 6.92 Å². The van der Waals surface area contributed by atoms with Crippen molar-refractivity contribution in [2.24, 2.45) is 0 Å². The molecule has 10 heteroatoms. The van der Waals surface area contributed by atoms with Gasteiger partial charge < -0.3 is 4.42 Å². The fourth-order valence-electron chi connectivity index (χ4n) is 2.32. The van der Waals surface area contributed by atoms with Crippen molar-refractivity contribution in [2.45, 2.75) is 18.0 Å². The average Bonchev–Trinajstić information content (AvgIpc) is 3.02. The zero-order valence-corrected chi connectivity index (χ0v) is 14.5. The van der Waals surface area contributed by atoms with Crippen LogP contribution in [-0.4, -0.2) is 13.4 Å². The zero-order chi connectivity index (χ0) is 19.8. The summed E-state index contributed by atoms with van der Waals surface area (Å²) in [6.07, 6.45) is -3.53. The third-order valence-electron chi connectivity index (χ3n) is 3.60. The molecule has 0 bridgehead atoms. The van der Waals surface area contributed by atoms with Crippen LogP contribution in [0.3, 0.4) is 0 Å². The SMILES string of the molecule is Cc1nc(-c2ccc(S(=O)(=O)Nc3ccc(F)c(C(F)(F)F)c3)cc2)co1. The number of aryl methyl sites for hydroxylation is 1. The van der Waals surface area contributed by atoms with Gasteiger partial charge in [-0.2, -0.15) is 13.2 Å². The lowest BCUT2D eigenvalue weighted by atomic mass is 10.2. The Kier molecular flexibility index (Phi) is 4.68. The molecule has 0 aliphatic carbocycles. The number of sulfonamides is 1. The van der Waals surface area contributed by atoms with Gasteiger partial charge in [-0.25, -0.2) is 17.8 Å². The highest BCUT2D eigenvalue weighted by Gasteiger charge is 2.34. The number of benzene rings is 2. The number of aromatic nitrogens is 1. The third kappa shape index (κ3) is 4.11. The number of hydrogen-bond acceptors (Lipinski definition) is 4. The third-order valence-corrected chi connectivity index (χ3v) is 5.00. The Bertz CT molecular complexity index is 1070. The first-order valence-corrected chi connectivity index (χ1v) is 8.97. The van der Waals surface area contributed by atoms with Crippen molar-refractivity contribution < 1.29 is 30.4 Å². The van der Waals surface area contributed by atoms with E-state index in [4.69, 9.17) is 4.42 Å². The molecule has 0 fully saturated rings. The summed E-state index contributed by atoms with van der Waals surface area (Å²) in [6.45, 7) is 1.66. The highest BCUT2D eigenvalue weighted by atomic mass is 32.2. The summed E-state index contributed by atoms with van der Waals surface area (Å²) in [5.41, 5.74) is -0.843. The van der Waals surface area contributed by atoms with Crippen LogP contribution in [0.25, 0.3) is 11.3 Å². The summed E-state index contributed by atoms with van der Waals surface area (Å²) < 4.78 is 83.4. The number of hydrogen-bond donors (Lipinski definition) is 1. The van der Waals surface area contributed by atoms with Crippen LogP contribution >= 0.6 is 0 Å². The molecule has 0 radical (unpaired) electrons. The lowest BCUT2D eigenvalue weighted by molar-refractivity contribution is -0.139. The topological polar surface area (TPSA) is 72.2 Å². The van der Waals surface area contributed by atoms with Gasteiger partial charge in [-0.3, -0.25) is 4.72 Å². The van der Waals surface area contributed by atoms with Crippen LogP contribution < -0.4 is 4.72 Å². The minimum absolute atomic E-state index is 0.177. The van der Waals surface area contributed by atoms with E-state index in [2.05, 4.69) is 4.98 Å². The quantitative estimate of drug-likeness (QED) is 0.650. The monoisotopic (exact) mass is 400 g/mol. The molecule has 1 heterocycles. The summed E-state index contributed by atoms with van der Waals surface area (Å²) in [5.74, 6) is -1.04. The number of nitrogens with one attached hydrogen (secondary N) is 1. The molecule has 142 valence electrons. The fourth-order valence-corrected chi connectivity index (χ4v) is 3.37. The Morgan fingerprint density at radius 3 is 2.30 bits per heavy atom. The number of rotatable bonds is 4. The maximum Gasteiger partial charge on any atom is 0.419 e. The van der Waals surface area contributed by atoms with Crippen LogP contribution in [0.15, 0.2) is 58.0 Å². The highest BCUT2D eigenvalue weighted by Crippen LogP contribution is 2.33. The van der Waals surface area contributed by atoms with E-state index in [1.165, 1.54) is 30.5 Å². The number of nitrogens with zero attached hydrogens (tertiary/aromatic N) is 1. The molecule has 0 spiro atoms. The normalized spacial score (nSPS) is 12.2. The smallest absolute Gasteiger partial charge is 0.419 e. The van der Waals surface area contributed by atoms with Crippen LogP contribution in [-0.2, 0) is 16.2 Å². The first-order valence-electron chi connectivity index (χ1n) is 7.48. The molecule has 0 aliphatic rings. The van der Waals surface area contributed by atoms with Crippen molar-refractivity contribution in [3.63, 3.8) is 0 Å². The Morgan fingerprint density at radius 2 is 1.74 bits per heavy atom. The van der Waals surface area contributed by atoms with Crippen molar-refractivity contribution in [3.05, 3.63) is 66.0 Å². The first-order chi connectivity index (χ1) is 12.6. The lowest BCUT2D eigenvalue weighted by Crippen LogP contribution is -2.15. The summed E-state index contributed by atoms with van der Waals surface area (Å²) in [4.78, 5) is 3.93.